The highest BCUT2D eigenvalue weighted by molar-refractivity contribution is 5.69. The van der Waals surface area contributed by atoms with E-state index in [2.05, 4.69) is 37.4 Å². The van der Waals surface area contributed by atoms with Gasteiger partial charge in [-0.1, -0.05) is 30.3 Å². The molecule has 0 spiro atoms. The number of benzene rings is 1. The Bertz CT molecular complexity index is 632. The predicted octanol–water partition coefficient (Wildman–Crippen LogP) is 2.01. The Morgan fingerprint density at radius 3 is 2.89 bits per heavy atom. The number of aromatic nitrogens is 4. The summed E-state index contributed by atoms with van der Waals surface area (Å²) in [5.41, 5.74) is 2.83. The van der Waals surface area contributed by atoms with Crippen LogP contribution in [0.2, 0.25) is 0 Å². The van der Waals surface area contributed by atoms with Crippen LogP contribution in [0.1, 0.15) is 5.56 Å². The van der Waals surface area contributed by atoms with Crippen molar-refractivity contribution in [3.63, 3.8) is 0 Å². The van der Waals surface area contributed by atoms with Gasteiger partial charge in [0.15, 0.2) is 5.65 Å². The number of aromatic amines is 1. The number of imidazole rings is 1. The highest BCUT2D eigenvalue weighted by Crippen LogP contribution is 2.07. The molecule has 0 bridgehead atoms. The third-order valence-corrected chi connectivity index (χ3v) is 2.72. The number of fused-ring (bicyclic) bond motifs is 1. The van der Waals surface area contributed by atoms with Gasteiger partial charge in [-0.2, -0.15) is 4.98 Å². The summed E-state index contributed by atoms with van der Waals surface area (Å²) in [5, 5.41) is 3.20. The first-order valence-electron chi connectivity index (χ1n) is 5.86. The van der Waals surface area contributed by atoms with E-state index in [1.165, 1.54) is 5.56 Å². The van der Waals surface area contributed by atoms with Crippen LogP contribution in [0.4, 0.5) is 5.95 Å². The van der Waals surface area contributed by atoms with Gasteiger partial charge in [-0.25, -0.2) is 9.97 Å². The summed E-state index contributed by atoms with van der Waals surface area (Å²) in [6, 6.07) is 10.3. The molecule has 0 saturated heterocycles. The summed E-state index contributed by atoms with van der Waals surface area (Å²) in [6.07, 6.45) is 4.30. The molecule has 0 radical (unpaired) electrons. The van der Waals surface area contributed by atoms with Gasteiger partial charge in [0.05, 0.1) is 12.5 Å². The minimum Gasteiger partial charge on any atom is -0.354 e. The van der Waals surface area contributed by atoms with E-state index in [9.17, 15) is 0 Å². The lowest BCUT2D eigenvalue weighted by Gasteiger charge is -2.04. The van der Waals surface area contributed by atoms with Gasteiger partial charge >= 0.3 is 0 Å². The van der Waals surface area contributed by atoms with Crippen LogP contribution in [-0.4, -0.2) is 26.5 Å². The van der Waals surface area contributed by atoms with Gasteiger partial charge < -0.3 is 10.3 Å². The molecule has 0 atom stereocenters. The molecular weight excluding hydrogens is 226 g/mol. The Kier molecular flexibility index (Phi) is 2.87. The predicted molar refractivity (Wildman–Crippen MR) is 70.3 cm³/mol. The third-order valence-electron chi connectivity index (χ3n) is 2.72. The second-order valence-electron chi connectivity index (χ2n) is 4.00. The first-order chi connectivity index (χ1) is 8.92. The van der Waals surface area contributed by atoms with Crippen LogP contribution in [0.3, 0.4) is 0 Å². The minimum absolute atomic E-state index is 0.616. The zero-order valence-corrected chi connectivity index (χ0v) is 9.80. The number of rotatable bonds is 4. The maximum absolute atomic E-state index is 4.30. The van der Waals surface area contributed by atoms with Crippen molar-refractivity contribution < 1.29 is 0 Å². The van der Waals surface area contributed by atoms with Gasteiger partial charge in [0.1, 0.15) is 5.52 Å². The fourth-order valence-corrected chi connectivity index (χ4v) is 1.78. The van der Waals surface area contributed by atoms with E-state index in [1.807, 2.05) is 18.2 Å². The molecule has 0 unspecified atom stereocenters. The molecule has 3 aromatic rings. The highest BCUT2D eigenvalue weighted by atomic mass is 15.1. The van der Waals surface area contributed by atoms with Crippen molar-refractivity contribution in [1.29, 1.82) is 0 Å². The number of anilines is 1. The molecule has 0 aliphatic heterocycles. The first kappa shape index (κ1) is 10.7. The Labute approximate surface area is 104 Å². The average Bonchev–Trinajstić information content (AvgIpc) is 2.87. The molecule has 5 heteroatoms. The molecule has 0 aliphatic carbocycles. The average molecular weight is 239 g/mol. The number of hydrogen-bond acceptors (Lipinski definition) is 4. The van der Waals surface area contributed by atoms with Crippen molar-refractivity contribution in [3.05, 3.63) is 48.4 Å². The molecule has 90 valence electrons. The van der Waals surface area contributed by atoms with Crippen molar-refractivity contribution in [2.24, 2.45) is 0 Å². The molecule has 0 saturated carbocycles. The van der Waals surface area contributed by atoms with Crippen LogP contribution in [0, 0.1) is 0 Å². The van der Waals surface area contributed by atoms with E-state index in [0.29, 0.717) is 11.6 Å². The Hall–Kier alpha value is -2.43. The summed E-state index contributed by atoms with van der Waals surface area (Å²) < 4.78 is 0. The van der Waals surface area contributed by atoms with Gasteiger partial charge in [0.2, 0.25) is 5.95 Å². The highest BCUT2D eigenvalue weighted by Gasteiger charge is 2.00. The van der Waals surface area contributed by atoms with E-state index < -0.39 is 0 Å². The monoisotopic (exact) mass is 239 g/mol. The van der Waals surface area contributed by atoms with Crippen LogP contribution < -0.4 is 5.32 Å². The molecule has 2 heterocycles. The maximum Gasteiger partial charge on any atom is 0.224 e. The molecule has 2 aromatic heterocycles. The summed E-state index contributed by atoms with van der Waals surface area (Å²) in [4.78, 5) is 15.6. The summed E-state index contributed by atoms with van der Waals surface area (Å²) in [5.74, 6) is 0.616. The van der Waals surface area contributed by atoms with Crippen molar-refractivity contribution in [3.8, 4) is 0 Å². The summed E-state index contributed by atoms with van der Waals surface area (Å²) in [7, 11) is 0. The topological polar surface area (TPSA) is 66.5 Å². The van der Waals surface area contributed by atoms with Crippen molar-refractivity contribution in [1.82, 2.24) is 19.9 Å². The molecule has 5 nitrogen and oxygen atoms in total. The molecule has 18 heavy (non-hydrogen) atoms. The molecule has 3 rings (SSSR count). The standard InChI is InChI=1S/C13H13N5/c1-2-4-10(5-3-1)6-7-14-13-15-8-11-12(18-13)17-9-16-11/h1-5,8-9H,6-7H2,(H2,14,15,16,17,18). The van der Waals surface area contributed by atoms with Gasteiger partial charge in [0.25, 0.3) is 0 Å². The zero-order valence-electron chi connectivity index (χ0n) is 9.80. The summed E-state index contributed by atoms with van der Waals surface area (Å²) in [6.45, 7) is 0.805. The molecule has 0 amide bonds. The Morgan fingerprint density at radius 2 is 2.00 bits per heavy atom. The van der Waals surface area contributed by atoms with Gasteiger partial charge in [-0.3, -0.25) is 0 Å². The van der Waals surface area contributed by atoms with Gasteiger partial charge in [-0.05, 0) is 12.0 Å². The first-order valence-corrected chi connectivity index (χ1v) is 5.86. The second kappa shape index (κ2) is 4.83. The third kappa shape index (κ3) is 2.29. The van der Waals surface area contributed by atoms with E-state index >= 15 is 0 Å². The molecule has 0 fully saturated rings. The molecule has 0 aliphatic rings. The number of hydrogen-bond donors (Lipinski definition) is 2. The Balaban J connectivity index is 1.62. The number of nitrogens with zero attached hydrogens (tertiary/aromatic N) is 3. The fourth-order valence-electron chi connectivity index (χ4n) is 1.78. The Morgan fingerprint density at radius 1 is 1.11 bits per heavy atom. The van der Waals surface area contributed by atoms with Crippen molar-refractivity contribution in [2.75, 3.05) is 11.9 Å². The SMILES string of the molecule is c1ccc(CCNc2ncc3[nH]cnc3n2)cc1. The van der Waals surface area contributed by atoms with Crippen molar-refractivity contribution in [2.45, 2.75) is 6.42 Å². The smallest absolute Gasteiger partial charge is 0.224 e. The zero-order chi connectivity index (χ0) is 12.2. The van der Waals surface area contributed by atoms with Gasteiger partial charge in [-0.15, -0.1) is 0 Å². The number of H-pyrrole nitrogens is 1. The van der Waals surface area contributed by atoms with E-state index in [0.717, 1.165) is 18.5 Å². The molecule has 2 N–H and O–H groups in total. The van der Waals surface area contributed by atoms with Crippen molar-refractivity contribution >= 4 is 17.1 Å². The lowest BCUT2D eigenvalue weighted by Crippen LogP contribution is -2.07. The fraction of sp³-hybridized carbons (Fsp3) is 0.154. The van der Waals surface area contributed by atoms with Crippen LogP contribution in [0.5, 0.6) is 0 Å². The molecule has 1 aromatic carbocycles. The van der Waals surface area contributed by atoms with Crippen LogP contribution in [0.25, 0.3) is 11.2 Å². The van der Waals surface area contributed by atoms with E-state index in [1.54, 1.807) is 12.5 Å². The van der Waals surface area contributed by atoms with E-state index in [-0.39, 0.29) is 0 Å². The summed E-state index contributed by atoms with van der Waals surface area (Å²) >= 11 is 0. The maximum atomic E-state index is 4.30. The largest absolute Gasteiger partial charge is 0.354 e. The lowest BCUT2D eigenvalue weighted by atomic mass is 10.1. The minimum atomic E-state index is 0.616. The van der Waals surface area contributed by atoms with Crippen LogP contribution in [-0.2, 0) is 6.42 Å². The second-order valence-corrected chi connectivity index (χ2v) is 4.00. The number of nitrogens with one attached hydrogen (secondary N) is 2. The van der Waals surface area contributed by atoms with E-state index in [4.69, 9.17) is 0 Å². The lowest BCUT2D eigenvalue weighted by molar-refractivity contribution is 0.989. The quantitative estimate of drug-likeness (QED) is 0.731. The van der Waals surface area contributed by atoms with Crippen LogP contribution >= 0.6 is 0 Å². The normalized spacial score (nSPS) is 10.7. The van der Waals surface area contributed by atoms with Gasteiger partial charge in [0, 0.05) is 6.54 Å². The van der Waals surface area contributed by atoms with Crippen LogP contribution in [0.15, 0.2) is 42.9 Å². The molecular formula is C13H13N5.